The number of benzene rings is 2. The van der Waals surface area contributed by atoms with Crippen LogP contribution in [0, 0.1) is 0 Å². The second-order valence-electron chi connectivity index (χ2n) is 7.63. The smallest absolute Gasteiger partial charge is 0.261 e. The normalized spacial score (nSPS) is 11.8. The van der Waals surface area contributed by atoms with Crippen LogP contribution < -0.4 is 10.1 Å². The Balaban J connectivity index is 2.09. The van der Waals surface area contributed by atoms with Gasteiger partial charge in [-0.3, -0.25) is 9.59 Å². The summed E-state index contributed by atoms with van der Waals surface area (Å²) >= 11 is 5.96. The number of ether oxygens (including phenoxy) is 1. The first kappa shape index (κ1) is 23.7. The van der Waals surface area contributed by atoms with Crippen molar-refractivity contribution in [3.63, 3.8) is 0 Å². The van der Waals surface area contributed by atoms with E-state index in [1.165, 1.54) is 10.5 Å². The number of rotatable bonds is 10. The number of amides is 2. The van der Waals surface area contributed by atoms with Crippen molar-refractivity contribution in [2.75, 3.05) is 13.2 Å². The fraction of sp³-hybridized carbons (Fsp3) is 0.417. The van der Waals surface area contributed by atoms with Crippen LogP contribution in [0.15, 0.2) is 48.5 Å². The SMILES string of the molecule is CCCNC(=O)[C@@H](C)N(Cc1ccc(Cl)cc1)C(=O)COc1ccc(C(C)C)cc1. The summed E-state index contributed by atoms with van der Waals surface area (Å²) in [5.74, 6) is 0.623. The van der Waals surface area contributed by atoms with Crippen molar-refractivity contribution in [1.82, 2.24) is 10.2 Å². The zero-order valence-corrected chi connectivity index (χ0v) is 18.9. The van der Waals surface area contributed by atoms with Crippen LogP contribution >= 0.6 is 11.6 Å². The van der Waals surface area contributed by atoms with Crippen LogP contribution in [0.5, 0.6) is 5.75 Å². The lowest BCUT2D eigenvalue weighted by Crippen LogP contribution is -2.49. The van der Waals surface area contributed by atoms with Crippen molar-refractivity contribution < 1.29 is 14.3 Å². The number of nitrogens with zero attached hydrogens (tertiary/aromatic N) is 1. The molecule has 0 saturated carbocycles. The highest BCUT2D eigenvalue weighted by molar-refractivity contribution is 6.30. The minimum atomic E-state index is -0.619. The maximum atomic E-state index is 13.0. The lowest BCUT2D eigenvalue weighted by atomic mass is 10.0. The van der Waals surface area contributed by atoms with E-state index in [2.05, 4.69) is 19.2 Å². The maximum absolute atomic E-state index is 13.0. The van der Waals surface area contributed by atoms with Gasteiger partial charge in [-0.05, 0) is 54.7 Å². The molecule has 0 saturated heterocycles. The number of hydrogen-bond acceptors (Lipinski definition) is 3. The van der Waals surface area contributed by atoms with E-state index in [0.717, 1.165) is 12.0 Å². The van der Waals surface area contributed by atoms with Gasteiger partial charge in [-0.25, -0.2) is 0 Å². The van der Waals surface area contributed by atoms with Gasteiger partial charge in [0.05, 0.1) is 0 Å². The van der Waals surface area contributed by atoms with E-state index in [-0.39, 0.29) is 18.4 Å². The molecule has 0 aromatic heterocycles. The lowest BCUT2D eigenvalue weighted by molar-refractivity contribution is -0.142. The van der Waals surface area contributed by atoms with Gasteiger partial charge in [0.25, 0.3) is 5.91 Å². The van der Waals surface area contributed by atoms with Crippen molar-refractivity contribution in [3.8, 4) is 5.75 Å². The van der Waals surface area contributed by atoms with Crippen LogP contribution in [0.3, 0.4) is 0 Å². The summed E-state index contributed by atoms with van der Waals surface area (Å²) in [5, 5.41) is 3.48. The Morgan fingerprint density at radius 1 is 1.03 bits per heavy atom. The number of carbonyl (C=O) groups excluding carboxylic acids is 2. The molecule has 2 rings (SSSR count). The van der Waals surface area contributed by atoms with Gasteiger partial charge in [0.2, 0.25) is 5.91 Å². The molecule has 0 aliphatic heterocycles. The number of halogens is 1. The molecule has 6 heteroatoms. The fourth-order valence-corrected chi connectivity index (χ4v) is 3.07. The molecule has 0 radical (unpaired) electrons. The lowest BCUT2D eigenvalue weighted by Gasteiger charge is -2.28. The molecule has 0 bridgehead atoms. The van der Waals surface area contributed by atoms with Crippen molar-refractivity contribution in [2.24, 2.45) is 0 Å². The fourth-order valence-electron chi connectivity index (χ4n) is 2.94. The average molecular weight is 431 g/mol. The molecule has 30 heavy (non-hydrogen) atoms. The first-order valence-corrected chi connectivity index (χ1v) is 10.7. The van der Waals surface area contributed by atoms with Crippen molar-refractivity contribution in [2.45, 2.75) is 52.6 Å². The van der Waals surface area contributed by atoms with Crippen LogP contribution in [0.4, 0.5) is 0 Å². The van der Waals surface area contributed by atoms with Gasteiger partial charge in [-0.2, -0.15) is 0 Å². The molecule has 2 aromatic carbocycles. The van der Waals surface area contributed by atoms with Crippen LogP contribution in [0.25, 0.3) is 0 Å². The number of carbonyl (C=O) groups is 2. The molecule has 0 unspecified atom stereocenters. The second-order valence-corrected chi connectivity index (χ2v) is 8.06. The van der Waals surface area contributed by atoms with E-state index >= 15 is 0 Å². The van der Waals surface area contributed by atoms with Gasteiger partial charge >= 0.3 is 0 Å². The van der Waals surface area contributed by atoms with Crippen LogP contribution in [-0.2, 0) is 16.1 Å². The minimum Gasteiger partial charge on any atom is -0.484 e. The molecule has 5 nitrogen and oxygen atoms in total. The summed E-state index contributed by atoms with van der Waals surface area (Å²) in [4.78, 5) is 27.0. The zero-order valence-electron chi connectivity index (χ0n) is 18.2. The molecule has 162 valence electrons. The maximum Gasteiger partial charge on any atom is 0.261 e. The van der Waals surface area contributed by atoms with Gasteiger partial charge < -0.3 is 15.0 Å². The highest BCUT2D eigenvalue weighted by atomic mass is 35.5. The Kier molecular flexibility index (Phi) is 9.18. The molecule has 1 N–H and O–H groups in total. The topological polar surface area (TPSA) is 58.6 Å². The van der Waals surface area contributed by atoms with Crippen molar-refractivity contribution in [1.29, 1.82) is 0 Å². The molecular weight excluding hydrogens is 400 g/mol. The van der Waals surface area contributed by atoms with E-state index in [1.54, 1.807) is 19.1 Å². The summed E-state index contributed by atoms with van der Waals surface area (Å²) in [6, 6.07) is 14.4. The van der Waals surface area contributed by atoms with E-state index in [1.807, 2.05) is 43.3 Å². The van der Waals surface area contributed by atoms with E-state index in [4.69, 9.17) is 16.3 Å². The third kappa shape index (κ3) is 7.06. The predicted octanol–water partition coefficient (Wildman–Crippen LogP) is 4.79. The summed E-state index contributed by atoms with van der Waals surface area (Å²) < 4.78 is 5.71. The first-order valence-electron chi connectivity index (χ1n) is 10.4. The molecule has 0 aliphatic carbocycles. The van der Waals surface area contributed by atoms with Gasteiger partial charge in [0, 0.05) is 18.1 Å². The Hall–Kier alpha value is -2.53. The van der Waals surface area contributed by atoms with Gasteiger partial charge in [0.1, 0.15) is 11.8 Å². The Morgan fingerprint density at radius 2 is 1.67 bits per heavy atom. The highest BCUT2D eigenvalue weighted by Crippen LogP contribution is 2.19. The third-order valence-electron chi connectivity index (χ3n) is 4.89. The number of nitrogens with one attached hydrogen (secondary N) is 1. The number of hydrogen-bond donors (Lipinski definition) is 1. The largest absolute Gasteiger partial charge is 0.484 e. The Morgan fingerprint density at radius 3 is 2.23 bits per heavy atom. The molecule has 0 heterocycles. The van der Waals surface area contributed by atoms with E-state index in [0.29, 0.717) is 29.8 Å². The van der Waals surface area contributed by atoms with Crippen molar-refractivity contribution >= 4 is 23.4 Å². The minimum absolute atomic E-state index is 0.139. The molecular formula is C24H31ClN2O3. The first-order chi connectivity index (χ1) is 14.3. The highest BCUT2D eigenvalue weighted by Gasteiger charge is 2.26. The molecule has 0 fully saturated rings. The standard InChI is InChI=1S/C24H31ClN2O3/c1-5-14-26-24(29)18(4)27(15-19-6-10-21(25)11-7-19)23(28)16-30-22-12-8-20(9-13-22)17(2)3/h6-13,17-18H,5,14-16H2,1-4H3,(H,26,29)/t18-/m1/s1. The van der Waals surface area contributed by atoms with E-state index < -0.39 is 6.04 Å². The summed E-state index contributed by atoms with van der Waals surface area (Å²) in [6.45, 7) is 8.70. The van der Waals surface area contributed by atoms with Crippen LogP contribution in [-0.4, -0.2) is 35.9 Å². The van der Waals surface area contributed by atoms with Gasteiger partial charge in [-0.1, -0.05) is 56.6 Å². The van der Waals surface area contributed by atoms with Gasteiger partial charge in [-0.15, -0.1) is 0 Å². The molecule has 2 amide bonds. The third-order valence-corrected chi connectivity index (χ3v) is 5.14. The second kappa shape index (κ2) is 11.6. The van der Waals surface area contributed by atoms with E-state index in [9.17, 15) is 9.59 Å². The van der Waals surface area contributed by atoms with Crippen LogP contribution in [0.1, 0.15) is 51.2 Å². The Bertz CT molecular complexity index is 819. The predicted molar refractivity (Wildman–Crippen MR) is 121 cm³/mol. The molecule has 0 aliphatic rings. The molecule has 1 atom stereocenters. The Labute approximate surface area is 184 Å². The summed E-state index contributed by atoms with van der Waals surface area (Å²) in [6.07, 6.45) is 0.832. The van der Waals surface area contributed by atoms with Gasteiger partial charge in [0.15, 0.2) is 6.61 Å². The summed E-state index contributed by atoms with van der Waals surface area (Å²) in [5.41, 5.74) is 2.10. The van der Waals surface area contributed by atoms with Crippen molar-refractivity contribution in [3.05, 3.63) is 64.7 Å². The summed E-state index contributed by atoms with van der Waals surface area (Å²) in [7, 11) is 0. The molecule has 0 spiro atoms. The monoisotopic (exact) mass is 430 g/mol. The average Bonchev–Trinajstić information content (AvgIpc) is 2.75. The quantitative estimate of drug-likeness (QED) is 0.589. The molecule has 2 aromatic rings. The van der Waals surface area contributed by atoms with Crippen LogP contribution in [0.2, 0.25) is 5.02 Å². The zero-order chi connectivity index (χ0) is 22.1.